The van der Waals surface area contributed by atoms with Crippen LogP contribution in [0, 0.1) is 6.92 Å². The van der Waals surface area contributed by atoms with Gasteiger partial charge >= 0.3 is 0 Å². The summed E-state index contributed by atoms with van der Waals surface area (Å²) in [6.07, 6.45) is 5.76. The van der Waals surface area contributed by atoms with E-state index in [9.17, 15) is 14.4 Å². The molecule has 0 aromatic heterocycles. The molecular formula is C23H32N4O3. The summed E-state index contributed by atoms with van der Waals surface area (Å²) in [6.45, 7) is 5.84. The van der Waals surface area contributed by atoms with Crippen LogP contribution in [0.25, 0.3) is 0 Å². The standard InChI is InChI=1S/C23H32N4O3/c1-16-7-8-18-19(15-16)24-23(25-21(18)29)10-9-20(28)27(14-11-23)17(2)22(30)26-12-5-3-4-6-13-26/h7-8,15,17,24H,3-6,9-14H2,1-2H3,(H,25,29)/t17-,23-/m1/s1. The number of nitrogens with zero attached hydrogens (tertiary/aromatic N) is 2. The third-order valence-electron chi connectivity index (χ3n) is 6.75. The molecule has 162 valence electrons. The number of amides is 3. The number of hydrogen-bond acceptors (Lipinski definition) is 4. The Kier molecular flexibility index (Phi) is 5.71. The second-order valence-electron chi connectivity index (χ2n) is 8.96. The van der Waals surface area contributed by atoms with Crippen molar-refractivity contribution in [1.82, 2.24) is 15.1 Å². The van der Waals surface area contributed by atoms with Gasteiger partial charge in [0.15, 0.2) is 0 Å². The second-order valence-corrected chi connectivity index (χ2v) is 8.96. The van der Waals surface area contributed by atoms with E-state index in [-0.39, 0.29) is 17.7 Å². The van der Waals surface area contributed by atoms with Crippen molar-refractivity contribution in [2.45, 2.75) is 70.5 Å². The predicted octanol–water partition coefficient (Wildman–Crippen LogP) is 2.65. The van der Waals surface area contributed by atoms with Gasteiger partial charge in [-0.1, -0.05) is 18.9 Å². The Morgan fingerprint density at radius 2 is 1.77 bits per heavy atom. The van der Waals surface area contributed by atoms with E-state index in [2.05, 4.69) is 10.6 Å². The molecule has 1 aromatic rings. The number of hydrogen-bond donors (Lipinski definition) is 2. The van der Waals surface area contributed by atoms with Crippen LogP contribution in [0.2, 0.25) is 0 Å². The van der Waals surface area contributed by atoms with Crippen LogP contribution >= 0.6 is 0 Å². The van der Waals surface area contributed by atoms with Crippen molar-refractivity contribution in [2.24, 2.45) is 0 Å². The first kappa shape index (κ1) is 20.7. The summed E-state index contributed by atoms with van der Waals surface area (Å²) in [7, 11) is 0. The molecule has 3 heterocycles. The van der Waals surface area contributed by atoms with E-state index in [4.69, 9.17) is 0 Å². The fourth-order valence-corrected chi connectivity index (χ4v) is 4.91. The molecule has 30 heavy (non-hydrogen) atoms. The fraction of sp³-hybridized carbons (Fsp3) is 0.609. The number of fused-ring (bicyclic) bond motifs is 1. The smallest absolute Gasteiger partial charge is 0.255 e. The number of benzene rings is 1. The van der Waals surface area contributed by atoms with Crippen molar-refractivity contribution in [1.29, 1.82) is 0 Å². The molecule has 1 spiro atoms. The van der Waals surface area contributed by atoms with E-state index in [0.29, 0.717) is 31.4 Å². The van der Waals surface area contributed by atoms with E-state index in [0.717, 1.165) is 50.0 Å². The van der Waals surface area contributed by atoms with Gasteiger partial charge < -0.3 is 20.4 Å². The number of likely N-dealkylation sites (tertiary alicyclic amines) is 2. The Bertz CT molecular complexity index is 847. The molecule has 7 nitrogen and oxygen atoms in total. The van der Waals surface area contributed by atoms with Crippen molar-refractivity contribution in [3.8, 4) is 0 Å². The summed E-state index contributed by atoms with van der Waals surface area (Å²) in [5.74, 6) is -0.0882. The van der Waals surface area contributed by atoms with E-state index < -0.39 is 11.7 Å². The van der Waals surface area contributed by atoms with Gasteiger partial charge in [-0.05, 0) is 50.8 Å². The van der Waals surface area contributed by atoms with E-state index in [1.165, 1.54) is 0 Å². The number of carbonyl (C=O) groups excluding carboxylic acids is 3. The van der Waals surface area contributed by atoms with Crippen LogP contribution < -0.4 is 10.6 Å². The largest absolute Gasteiger partial charge is 0.362 e. The van der Waals surface area contributed by atoms with E-state index in [1.807, 2.05) is 36.9 Å². The lowest BCUT2D eigenvalue weighted by atomic mass is 9.94. The minimum Gasteiger partial charge on any atom is -0.362 e. The molecule has 0 unspecified atom stereocenters. The van der Waals surface area contributed by atoms with Crippen molar-refractivity contribution in [3.05, 3.63) is 29.3 Å². The average Bonchev–Trinajstić information content (AvgIpc) is 3.07. The molecule has 3 amide bonds. The maximum atomic E-state index is 13.1. The van der Waals surface area contributed by atoms with Gasteiger partial charge in [0.1, 0.15) is 11.7 Å². The molecule has 7 heteroatoms. The highest BCUT2D eigenvalue weighted by Gasteiger charge is 2.42. The zero-order valence-electron chi connectivity index (χ0n) is 18.0. The van der Waals surface area contributed by atoms with Crippen molar-refractivity contribution < 1.29 is 14.4 Å². The second kappa shape index (κ2) is 8.28. The minimum atomic E-state index is -0.659. The van der Waals surface area contributed by atoms with Crippen molar-refractivity contribution in [3.63, 3.8) is 0 Å². The molecule has 0 bridgehead atoms. The lowest BCUT2D eigenvalue weighted by Gasteiger charge is -2.40. The molecule has 2 fully saturated rings. The topological polar surface area (TPSA) is 81.8 Å². The van der Waals surface area contributed by atoms with Gasteiger partial charge in [-0.2, -0.15) is 0 Å². The molecule has 3 aliphatic rings. The van der Waals surface area contributed by atoms with Crippen molar-refractivity contribution in [2.75, 3.05) is 25.0 Å². The Hall–Kier alpha value is -2.57. The molecule has 2 N–H and O–H groups in total. The molecule has 0 aliphatic carbocycles. The molecule has 0 radical (unpaired) electrons. The fourth-order valence-electron chi connectivity index (χ4n) is 4.91. The highest BCUT2D eigenvalue weighted by molar-refractivity contribution is 6.02. The van der Waals surface area contributed by atoms with Gasteiger partial charge in [-0.25, -0.2) is 0 Å². The SMILES string of the molecule is Cc1ccc2c(c1)N[C@]1(CCC(=O)N([C@H](C)C(=O)N3CCCCCC3)CC1)NC2=O. The number of aryl methyl sites for hydroxylation is 1. The number of rotatable bonds is 2. The summed E-state index contributed by atoms with van der Waals surface area (Å²) < 4.78 is 0. The number of nitrogens with one attached hydrogen (secondary N) is 2. The van der Waals surface area contributed by atoms with Crippen molar-refractivity contribution >= 4 is 23.4 Å². The predicted molar refractivity (Wildman–Crippen MR) is 115 cm³/mol. The van der Waals surface area contributed by atoms with Crippen LogP contribution in [0.5, 0.6) is 0 Å². The van der Waals surface area contributed by atoms with Crippen LogP contribution in [0.15, 0.2) is 18.2 Å². The summed E-state index contributed by atoms with van der Waals surface area (Å²) in [5, 5.41) is 6.60. The first-order chi connectivity index (χ1) is 14.4. The Balaban J connectivity index is 1.49. The first-order valence-corrected chi connectivity index (χ1v) is 11.2. The molecule has 1 aromatic carbocycles. The lowest BCUT2D eigenvalue weighted by Crippen LogP contribution is -2.58. The van der Waals surface area contributed by atoms with E-state index in [1.54, 1.807) is 4.90 Å². The number of carbonyl (C=O) groups is 3. The highest BCUT2D eigenvalue weighted by atomic mass is 16.2. The van der Waals surface area contributed by atoms with Gasteiger partial charge in [-0.15, -0.1) is 0 Å². The molecule has 3 aliphatic heterocycles. The van der Waals surface area contributed by atoms with Gasteiger partial charge in [-0.3, -0.25) is 14.4 Å². The van der Waals surface area contributed by atoms with Gasteiger partial charge in [0.2, 0.25) is 11.8 Å². The molecule has 2 saturated heterocycles. The molecule has 2 atom stereocenters. The van der Waals surface area contributed by atoms with Gasteiger partial charge in [0, 0.05) is 38.2 Å². The van der Waals surface area contributed by atoms with Crippen LogP contribution in [0.4, 0.5) is 5.69 Å². The monoisotopic (exact) mass is 412 g/mol. The first-order valence-electron chi connectivity index (χ1n) is 11.2. The summed E-state index contributed by atoms with van der Waals surface area (Å²) in [6, 6.07) is 5.26. The van der Waals surface area contributed by atoms with Crippen LogP contribution in [-0.4, -0.2) is 58.9 Å². The van der Waals surface area contributed by atoms with Gasteiger partial charge in [0.05, 0.1) is 5.56 Å². The summed E-state index contributed by atoms with van der Waals surface area (Å²) in [5.41, 5.74) is 1.86. The Morgan fingerprint density at radius 1 is 1.03 bits per heavy atom. The lowest BCUT2D eigenvalue weighted by molar-refractivity contribution is -0.144. The Morgan fingerprint density at radius 3 is 2.50 bits per heavy atom. The molecule has 4 rings (SSSR count). The maximum absolute atomic E-state index is 13.1. The zero-order chi connectivity index (χ0) is 21.3. The minimum absolute atomic E-state index is 0.0198. The average molecular weight is 413 g/mol. The Labute approximate surface area is 178 Å². The summed E-state index contributed by atoms with van der Waals surface area (Å²) in [4.78, 5) is 42.4. The van der Waals surface area contributed by atoms with Crippen LogP contribution in [-0.2, 0) is 9.59 Å². The quantitative estimate of drug-likeness (QED) is 0.782. The van der Waals surface area contributed by atoms with E-state index >= 15 is 0 Å². The van der Waals surface area contributed by atoms with Gasteiger partial charge in [0.25, 0.3) is 5.91 Å². The molecular weight excluding hydrogens is 380 g/mol. The summed E-state index contributed by atoms with van der Waals surface area (Å²) >= 11 is 0. The third kappa shape index (κ3) is 4.02. The van der Waals surface area contributed by atoms with Crippen LogP contribution in [0.3, 0.4) is 0 Å². The third-order valence-corrected chi connectivity index (χ3v) is 6.75. The maximum Gasteiger partial charge on any atom is 0.255 e. The normalized spacial score (nSPS) is 25.7. The zero-order valence-corrected chi connectivity index (χ0v) is 18.0. The number of anilines is 1. The molecule has 0 saturated carbocycles. The van der Waals surface area contributed by atoms with Crippen LogP contribution in [0.1, 0.15) is 67.8 Å². The highest BCUT2D eigenvalue weighted by Crippen LogP contribution is 2.32.